The van der Waals surface area contributed by atoms with Crippen LogP contribution in [0.3, 0.4) is 0 Å². The summed E-state index contributed by atoms with van der Waals surface area (Å²) in [5.41, 5.74) is 0.920. The molecular formula is C11H11NO2S. The molecule has 0 saturated carbocycles. The van der Waals surface area contributed by atoms with Crippen LogP contribution in [0.5, 0.6) is 5.75 Å². The van der Waals surface area contributed by atoms with Crippen molar-refractivity contribution >= 4 is 11.3 Å². The van der Waals surface area contributed by atoms with Gasteiger partial charge in [0.2, 0.25) is 0 Å². The van der Waals surface area contributed by atoms with E-state index in [0.717, 1.165) is 25.9 Å². The lowest BCUT2D eigenvalue weighted by molar-refractivity contribution is -0.589. The second kappa shape index (κ2) is 3.90. The Hall–Kier alpha value is -1.55. The summed E-state index contributed by atoms with van der Waals surface area (Å²) >= 11 is 1.49. The number of hydrogen-bond acceptors (Lipinski definition) is 3. The van der Waals surface area contributed by atoms with Gasteiger partial charge in [-0.25, -0.2) is 0 Å². The molecule has 0 atom stereocenters. The van der Waals surface area contributed by atoms with Crippen molar-refractivity contribution in [2.75, 3.05) is 7.11 Å². The number of aryl methyl sites for hydroxylation is 1. The van der Waals surface area contributed by atoms with Crippen LogP contribution >= 0.6 is 11.3 Å². The van der Waals surface area contributed by atoms with E-state index in [1.807, 2.05) is 31.2 Å². The van der Waals surface area contributed by atoms with E-state index in [2.05, 4.69) is 0 Å². The maximum Gasteiger partial charge on any atom is 0.280 e. The number of hydrogen-bond donors (Lipinski definition) is 0. The predicted octanol–water partition coefficient (Wildman–Crippen LogP) is 2.37. The minimum absolute atomic E-state index is 0.718. The summed E-state index contributed by atoms with van der Waals surface area (Å²) in [6.45, 7) is 1.92. The molecule has 1 heterocycles. The first-order valence-corrected chi connectivity index (χ1v) is 5.36. The Morgan fingerprint density at radius 3 is 2.40 bits per heavy atom. The molecule has 0 spiro atoms. The molecule has 0 unspecified atom stereocenters. The van der Waals surface area contributed by atoms with Gasteiger partial charge in [0.05, 0.1) is 17.6 Å². The maximum atomic E-state index is 11.5. The van der Waals surface area contributed by atoms with Gasteiger partial charge in [-0.15, -0.1) is 0 Å². The summed E-state index contributed by atoms with van der Waals surface area (Å²) in [4.78, 5) is 1.01. The first-order chi connectivity index (χ1) is 7.20. The summed E-state index contributed by atoms with van der Waals surface area (Å²) in [6, 6.07) is 7.48. The van der Waals surface area contributed by atoms with Crippen LogP contribution in [-0.2, 0) is 0 Å². The van der Waals surface area contributed by atoms with Crippen LogP contribution < -0.4 is 9.47 Å². The highest BCUT2D eigenvalue weighted by Crippen LogP contribution is 2.24. The van der Waals surface area contributed by atoms with Crippen molar-refractivity contribution in [3.8, 4) is 16.3 Å². The van der Waals surface area contributed by atoms with Crippen LogP contribution in [0, 0.1) is 12.1 Å². The molecule has 0 saturated heterocycles. The first-order valence-electron chi connectivity index (χ1n) is 4.55. The molecule has 0 radical (unpaired) electrons. The molecule has 0 aliphatic heterocycles. The highest BCUT2D eigenvalue weighted by Gasteiger charge is 2.12. The SMILES string of the molecule is COc1ccc(-c2sc(C)c[n+]2[O-])cc1. The summed E-state index contributed by atoms with van der Waals surface area (Å²) in [7, 11) is 1.62. The van der Waals surface area contributed by atoms with Crippen LogP contribution in [0.2, 0.25) is 0 Å². The average Bonchev–Trinajstić information content (AvgIpc) is 2.58. The number of thiazole rings is 1. The van der Waals surface area contributed by atoms with Crippen LogP contribution in [-0.4, -0.2) is 7.11 Å². The predicted molar refractivity (Wildman–Crippen MR) is 60.0 cm³/mol. The zero-order valence-corrected chi connectivity index (χ0v) is 9.38. The van der Waals surface area contributed by atoms with Crippen molar-refractivity contribution in [1.29, 1.82) is 0 Å². The smallest absolute Gasteiger partial charge is 0.280 e. The molecule has 2 rings (SSSR count). The molecule has 0 fully saturated rings. The van der Waals surface area contributed by atoms with Crippen molar-refractivity contribution < 1.29 is 9.47 Å². The van der Waals surface area contributed by atoms with E-state index in [1.165, 1.54) is 11.3 Å². The molecular weight excluding hydrogens is 210 g/mol. The number of nitrogens with zero attached hydrogens (tertiary/aromatic N) is 1. The minimum Gasteiger partial charge on any atom is -0.618 e. The lowest BCUT2D eigenvalue weighted by Gasteiger charge is -2.00. The van der Waals surface area contributed by atoms with E-state index in [1.54, 1.807) is 13.3 Å². The van der Waals surface area contributed by atoms with Gasteiger partial charge >= 0.3 is 0 Å². The lowest BCUT2D eigenvalue weighted by Crippen LogP contribution is -2.24. The van der Waals surface area contributed by atoms with Gasteiger partial charge in [-0.2, -0.15) is 4.73 Å². The molecule has 1 aromatic heterocycles. The highest BCUT2D eigenvalue weighted by atomic mass is 32.1. The molecule has 0 aliphatic rings. The van der Waals surface area contributed by atoms with Gasteiger partial charge in [-0.1, -0.05) is 11.3 Å². The van der Waals surface area contributed by atoms with Gasteiger partial charge in [-0.05, 0) is 31.2 Å². The summed E-state index contributed by atoms with van der Waals surface area (Å²) in [5.74, 6) is 0.796. The van der Waals surface area contributed by atoms with E-state index in [9.17, 15) is 5.21 Å². The molecule has 0 aliphatic carbocycles. The molecule has 0 bridgehead atoms. The Morgan fingerprint density at radius 1 is 1.27 bits per heavy atom. The molecule has 0 amide bonds. The number of methoxy groups -OCH3 is 1. The minimum atomic E-state index is 0.718. The van der Waals surface area contributed by atoms with Crippen LogP contribution in [0.1, 0.15) is 4.88 Å². The van der Waals surface area contributed by atoms with Crippen molar-refractivity contribution in [2.24, 2.45) is 0 Å². The third-order valence-electron chi connectivity index (χ3n) is 2.09. The maximum absolute atomic E-state index is 11.5. The summed E-state index contributed by atoms with van der Waals surface area (Å²) in [6.07, 6.45) is 1.59. The fourth-order valence-corrected chi connectivity index (χ4v) is 2.22. The molecule has 15 heavy (non-hydrogen) atoms. The van der Waals surface area contributed by atoms with Crippen LogP contribution in [0.25, 0.3) is 10.6 Å². The highest BCUT2D eigenvalue weighted by molar-refractivity contribution is 7.14. The second-order valence-electron chi connectivity index (χ2n) is 3.20. The molecule has 1 aromatic carbocycles. The van der Waals surface area contributed by atoms with Crippen molar-refractivity contribution in [3.63, 3.8) is 0 Å². The van der Waals surface area contributed by atoms with Gasteiger partial charge < -0.3 is 9.94 Å². The third kappa shape index (κ3) is 1.94. The van der Waals surface area contributed by atoms with Gasteiger partial charge in [0.1, 0.15) is 5.75 Å². The zero-order chi connectivity index (χ0) is 10.8. The van der Waals surface area contributed by atoms with Crippen molar-refractivity contribution in [1.82, 2.24) is 0 Å². The molecule has 3 nitrogen and oxygen atoms in total. The fourth-order valence-electron chi connectivity index (χ4n) is 1.37. The normalized spacial score (nSPS) is 10.3. The Kier molecular flexibility index (Phi) is 2.60. The van der Waals surface area contributed by atoms with Gasteiger partial charge in [0, 0.05) is 0 Å². The Labute approximate surface area is 92.2 Å². The largest absolute Gasteiger partial charge is 0.618 e. The van der Waals surface area contributed by atoms with E-state index in [-0.39, 0.29) is 0 Å². The molecule has 0 N–H and O–H groups in total. The molecule has 4 heteroatoms. The summed E-state index contributed by atoms with van der Waals surface area (Å²) < 4.78 is 5.96. The Morgan fingerprint density at radius 2 is 1.93 bits per heavy atom. The van der Waals surface area contributed by atoms with E-state index >= 15 is 0 Å². The number of rotatable bonds is 2. The second-order valence-corrected chi connectivity index (χ2v) is 4.44. The fraction of sp³-hybridized carbons (Fsp3) is 0.182. The van der Waals surface area contributed by atoms with Crippen LogP contribution in [0.4, 0.5) is 0 Å². The Bertz CT molecular complexity index is 462. The standard InChI is InChI=1S/C11H11NO2S/c1-8-7-12(13)11(15-8)9-3-5-10(14-2)6-4-9/h3-7H,1-2H3. The first kappa shape index (κ1) is 9.98. The monoisotopic (exact) mass is 221 g/mol. The number of benzene rings is 1. The molecule has 2 aromatic rings. The Balaban J connectivity index is 2.41. The number of aromatic nitrogens is 1. The quantitative estimate of drug-likeness (QED) is 0.576. The summed E-state index contributed by atoms with van der Waals surface area (Å²) in [5, 5.41) is 12.2. The van der Waals surface area contributed by atoms with Crippen molar-refractivity contribution in [2.45, 2.75) is 6.92 Å². The van der Waals surface area contributed by atoms with Crippen molar-refractivity contribution in [3.05, 3.63) is 40.5 Å². The van der Waals surface area contributed by atoms with Gasteiger partial charge in [-0.3, -0.25) is 0 Å². The van der Waals surface area contributed by atoms with E-state index in [4.69, 9.17) is 4.74 Å². The zero-order valence-electron chi connectivity index (χ0n) is 8.56. The van der Waals surface area contributed by atoms with Gasteiger partial charge in [0.15, 0.2) is 6.20 Å². The lowest BCUT2D eigenvalue weighted by atomic mass is 10.2. The van der Waals surface area contributed by atoms with Gasteiger partial charge in [0.25, 0.3) is 5.01 Å². The van der Waals surface area contributed by atoms with E-state index < -0.39 is 0 Å². The average molecular weight is 221 g/mol. The molecule has 78 valence electrons. The van der Waals surface area contributed by atoms with E-state index in [0.29, 0.717) is 0 Å². The number of ether oxygens (including phenoxy) is 1. The topological polar surface area (TPSA) is 36.2 Å². The third-order valence-corrected chi connectivity index (χ3v) is 3.13. The van der Waals surface area contributed by atoms with Crippen LogP contribution in [0.15, 0.2) is 30.5 Å².